The van der Waals surface area contributed by atoms with Gasteiger partial charge >= 0.3 is 0 Å². The summed E-state index contributed by atoms with van der Waals surface area (Å²) in [5.74, 6) is -0.0501. The van der Waals surface area contributed by atoms with Gasteiger partial charge < -0.3 is 44.1 Å². The number of hydrogen-bond donors (Lipinski definition) is 4. The highest BCUT2D eigenvalue weighted by Crippen LogP contribution is 2.41. The lowest BCUT2D eigenvalue weighted by atomic mass is 9.97. The Morgan fingerprint density at radius 2 is 1.08 bits per heavy atom. The minimum atomic E-state index is -0.415. The fourth-order valence-electron chi connectivity index (χ4n) is 9.23. The van der Waals surface area contributed by atoms with Crippen molar-refractivity contribution >= 4 is 45.6 Å². The summed E-state index contributed by atoms with van der Waals surface area (Å²) >= 11 is 0. The number of aryl methyl sites for hydroxylation is 1. The molecular formula is C62H60F2N6O8. The first-order chi connectivity index (χ1) is 37.7. The van der Waals surface area contributed by atoms with Crippen molar-refractivity contribution in [2.24, 2.45) is 18.9 Å². The monoisotopic (exact) mass is 1050 g/mol. The first-order valence-corrected chi connectivity index (χ1v) is 25.8. The van der Waals surface area contributed by atoms with Crippen LogP contribution in [0.1, 0.15) is 87.2 Å². The average Bonchev–Trinajstić information content (AvgIpc) is 4.24. The zero-order chi connectivity index (χ0) is 55.0. The van der Waals surface area contributed by atoms with E-state index < -0.39 is 11.6 Å². The van der Waals surface area contributed by atoms with Gasteiger partial charge in [0.1, 0.15) is 52.4 Å². The van der Waals surface area contributed by atoms with Crippen LogP contribution in [-0.2, 0) is 13.7 Å². The summed E-state index contributed by atoms with van der Waals surface area (Å²) in [7, 11) is 4.94. The van der Waals surface area contributed by atoms with Gasteiger partial charge in [0, 0.05) is 84.6 Å². The number of carbonyl (C=O) groups is 4. The molecule has 0 aliphatic heterocycles. The van der Waals surface area contributed by atoms with Crippen LogP contribution >= 0.6 is 0 Å². The Bertz CT molecular complexity index is 3660. The van der Waals surface area contributed by atoms with Crippen LogP contribution in [0.3, 0.4) is 0 Å². The van der Waals surface area contributed by atoms with Gasteiger partial charge in [-0.05, 0) is 151 Å². The number of aromatic nitrogens is 2. The van der Waals surface area contributed by atoms with Gasteiger partial charge in [-0.25, -0.2) is 13.8 Å². The third kappa shape index (κ3) is 12.1. The highest BCUT2D eigenvalue weighted by atomic mass is 19.1. The molecule has 4 amide bonds. The van der Waals surface area contributed by atoms with Crippen LogP contribution in [0.5, 0.6) is 11.5 Å². The predicted molar refractivity (Wildman–Crippen MR) is 296 cm³/mol. The molecule has 3 heterocycles. The summed E-state index contributed by atoms with van der Waals surface area (Å²) in [6.07, 6.45) is 5.85. The summed E-state index contributed by atoms with van der Waals surface area (Å²) < 4.78 is 54.8. The Kier molecular flexibility index (Phi) is 16.5. The van der Waals surface area contributed by atoms with E-state index in [1.165, 1.54) is 38.4 Å². The molecule has 16 heteroatoms. The number of unbranched alkanes of at least 4 members (excludes halogenated alkanes) is 1. The molecule has 1 atom stereocenters. The van der Waals surface area contributed by atoms with E-state index in [0.29, 0.717) is 127 Å². The zero-order valence-corrected chi connectivity index (χ0v) is 44.2. The van der Waals surface area contributed by atoms with Crippen LogP contribution in [0, 0.1) is 23.5 Å². The van der Waals surface area contributed by atoms with Gasteiger partial charge in [0.25, 0.3) is 23.6 Å². The molecule has 0 aliphatic rings. The molecule has 1 unspecified atom stereocenters. The van der Waals surface area contributed by atoms with E-state index in [0.717, 1.165) is 12.8 Å². The summed E-state index contributed by atoms with van der Waals surface area (Å²) in [6.45, 7) is 7.58. The zero-order valence-electron chi connectivity index (χ0n) is 44.2. The van der Waals surface area contributed by atoms with E-state index in [4.69, 9.17) is 18.3 Å². The van der Waals surface area contributed by atoms with Crippen molar-refractivity contribution in [2.75, 3.05) is 33.8 Å². The molecule has 0 bridgehead atoms. The average molecular weight is 1060 g/mol. The van der Waals surface area contributed by atoms with E-state index in [-0.39, 0.29) is 47.6 Å². The lowest BCUT2D eigenvalue weighted by Crippen LogP contribution is -2.28. The maximum absolute atomic E-state index is 13.9. The highest BCUT2D eigenvalue weighted by molar-refractivity contribution is 6.13. The fourth-order valence-corrected chi connectivity index (χ4v) is 9.23. The minimum absolute atomic E-state index is 0.117. The van der Waals surface area contributed by atoms with Crippen molar-refractivity contribution in [3.8, 4) is 56.4 Å². The molecule has 9 rings (SSSR count). The van der Waals surface area contributed by atoms with Gasteiger partial charge in [0.15, 0.2) is 0 Å². The van der Waals surface area contributed by atoms with Gasteiger partial charge in [-0.2, -0.15) is 0 Å². The molecular weight excluding hydrogens is 995 g/mol. The molecule has 6 aromatic carbocycles. The molecule has 400 valence electrons. The summed E-state index contributed by atoms with van der Waals surface area (Å²) in [5.41, 5.74) is 6.78. The third-order valence-corrected chi connectivity index (χ3v) is 13.4. The number of ether oxygens (including phenoxy) is 2. The standard InChI is InChI=1S/C62H60F2N6O8/c1-36(2)31-67-59(71)42-16-22-51(47(29-42)40-14-24-53-49(27-40)55(61(73)65-4)57(77-53)38-10-18-44(63)19-11-38)75-26-8-7-9-37(3)32-68-60(72)43-17-23-52(76-34-46-33-70(6)35-69-46)48(30-43)41-15-25-54-50(28-41)56(62(74)66-5)58(78-54)39-12-20-45(64)21-13-39/h10-25,27-30,33,35-37H,7-9,26,31-32,34H2,1-6H3,(H,65,73)(H,66,74)(H,67,71)(H,68,72). The number of furan rings is 2. The Morgan fingerprint density at radius 1 is 0.590 bits per heavy atom. The van der Waals surface area contributed by atoms with E-state index in [2.05, 4.69) is 33.2 Å². The fraction of sp³-hybridized carbons (Fsp3) is 0.242. The summed E-state index contributed by atoms with van der Waals surface area (Å²) in [6, 6.07) is 32.9. The molecule has 4 N–H and O–H groups in total. The summed E-state index contributed by atoms with van der Waals surface area (Å²) in [5, 5.41) is 12.6. The quantitative estimate of drug-likeness (QED) is 0.0510. The van der Waals surface area contributed by atoms with Crippen molar-refractivity contribution in [1.82, 2.24) is 30.8 Å². The Morgan fingerprint density at radius 3 is 1.55 bits per heavy atom. The van der Waals surface area contributed by atoms with Crippen LogP contribution in [0.15, 0.2) is 143 Å². The van der Waals surface area contributed by atoms with Crippen molar-refractivity contribution in [2.45, 2.75) is 46.6 Å². The van der Waals surface area contributed by atoms with E-state index >= 15 is 0 Å². The smallest absolute Gasteiger partial charge is 0.255 e. The van der Waals surface area contributed by atoms with E-state index in [1.54, 1.807) is 79.1 Å². The number of rotatable bonds is 21. The number of fused-ring (bicyclic) bond motifs is 2. The number of nitrogens with zero attached hydrogens (tertiary/aromatic N) is 2. The van der Waals surface area contributed by atoms with Crippen LogP contribution in [0.4, 0.5) is 8.78 Å². The predicted octanol–water partition coefficient (Wildman–Crippen LogP) is 12.2. The lowest BCUT2D eigenvalue weighted by Gasteiger charge is -2.16. The molecule has 14 nitrogen and oxygen atoms in total. The van der Waals surface area contributed by atoms with Crippen molar-refractivity contribution in [3.63, 3.8) is 0 Å². The molecule has 0 aliphatic carbocycles. The van der Waals surface area contributed by atoms with E-state index in [9.17, 15) is 28.0 Å². The number of imidazole rings is 1. The van der Waals surface area contributed by atoms with Crippen LogP contribution < -0.4 is 30.7 Å². The molecule has 3 aromatic heterocycles. The molecule has 0 radical (unpaired) electrons. The van der Waals surface area contributed by atoms with Gasteiger partial charge in [-0.15, -0.1) is 0 Å². The van der Waals surface area contributed by atoms with Crippen LogP contribution in [0.25, 0.3) is 66.8 Å². The Labute approximate surface area is 450 Å². The van der Waals surface area contributed by atoms with Crippen molar-refractivity contribution < 1.29 is 46.3 Å². The van der Waals surface area contributed by atoms with Gasteiger partial charge in [-0.3, -0.25) is 19.2 Å². The van der Waals surface area contributed by atoms with Crippen LogP contribution in [-0.4, -0.2) is 67.0 Å². The highest BCUT2D eigenvalue weighted by Gasteiger charge is 2.25. The Hall–Kier alpha value is -9.05. The summed E-state index contributed by atoms with van der Waals surface area (Å²) in [4.78, 5) is 58.4. The molecule has 0 spiro atoms. The second-order valence-corrected chi connectivity index (χ2v) is 19.7. The number of halogens is 2. The van der Waals surface area contributed by atoms with E-state index in [1.807, 2.05) is 55.9 Å². The first kappa shape index (κ1) is 53.8. The first-order valence-electron chi connectivity index (χ1n) is 25.8. The number of hydrogen-bond acceptors (Lipinski definition) is 9. The molecule has 78 heavy (non-hydrogen) atoms. The molecule has 0 fully saturated rings. The number of benzene rings is 6. The topological polar surface area (TPSA) is 179 Å². The molecule has 9 aromatic rings. The SMILES string of the molecule is CNC(=O)c1c(-c2ccc(F)cc2)oc2ccc(-c3cc(C(=O)NCC(C)C)ccc3OCCCCC(C)CNC(=O)c3ccc(OCc4cn(C)cn4)c(-c4ccc5oc(-c6ccc(F)cc6)c(C(=O)NC)c5c4)c3)cc12. The van der Waals surface area contributed by atoms with Crippen molar-refractivity contribution in [1.29, 1.82) is 0 Å². The van der Waals surface area contributed by atoms with Gasteiger partial charge in [0.2, 0.25) is 0 Å². The lowest BCUT2D eigenvalue weighted by molar-refractivity contribution is 0.0940. The number of carbonyl (C=O) groups excluding carboxylic acids is 4. The largest absolute Gasteiger partial charge is 0.493 e. The maximum Gasteiger partial charge on any atom is 0.255 e. The molecule has 0 saturated carbocycles. The van der Waals surface area contributed by atoms with Gasteiger partial charge in [0.05, 0.1) is 29.8 Å². The second kappa shape index (κ2) is 23.9. The van der Waals surface area contributed by atoms with Crippen molar-refractivity contribution in [3.05, 3.63) is 173 Å². The normalized spacial score (nSPS) is 11.7. The number of nitrogens with one attached hydrogen (secondary N) is 4. The third-order valence-electron chi connectivity index (χ3n) is 13.4. The second-order valence-electron chi connectivity index (χ2n) is 19.7. The molecule has 0 saturated heterocycles. The van der Waals surface area contributed by atoms with Gasteiger partial charge in [-0.1, -0.05) is 32.9 Å². The Balaban J connectivity index is 0.887. The van der Waals surface area contributed by atoms with Crippen LogP contribution in [0.2, 0.25) is 0 Å². The maximum atomic E-state index is 13.9. The minimum Gasteiger partial charge on any atom is -0.493 e. The number of amides is 4.